The van der Waals surface area contributed by atoms with Crippen molar-refractivity contribution in [2.24, 2.45) is 17.8 Å². The van der Waals surface area contributed by atoms with Crippen LogP contribution in [0.2, 0.25) is 0 Å². The van der Waals surface area contributed by atoms with E-state index < -0.39 is 12.2 Å². The molecule has 1 aromatic carbocycles. The van der Waals surface area contributed by atoms with Crippen LogP contribution in [-0.4, -0.2) is 34.8 Å². The first kappa shape index (κ1) is 16.2. The molecule has 0 bridgehead atoms. The smallest absolute Gasteiger partial charge is 0.136 e. The molecule has 0 aromatic heterocycles. The fourth-order valence-corrected chi connectivity index (χ4v) is 3.88. The molecular formula is C19H24O4. The van der Waals surface area contributed by atoms with Gasteiger partial charge in [-0.2, -0.15) is 0 Å². The van der Waals surface area contributed by atoms with Crippen molar-refractivity contribution in [2.75, 3.05) is 6.61 Å². The van der Waals surface area contributed by atoms with Gasteiger partial charge in [0.15, 0.2) is 0 Å². The number of para-hydroxylation sites is 1. The third-order valence-electron chi connectivity index (χ3n) is 5.09. The second kappa shape index (κ2) is 7.28. The Bertz CT molecular complexity index is 554. The number of fused-ring (bicyclic) bond motifs is 1. The molecule has 4 nitrogen and oxygen atoms in total. The SMILES string of the molecule is O=C1CC[C@H]2C(C=C[C@@H](O)COc3ccccc3)C(O)CC[C@H]12. The van der Waals surface area contributed by atoms with E-state index in [0.717, 1.165) is 18.6 Å². The van der Waals surface area contributed by atoms with Gasteiger partial charge >= 0.3 is 0 Å². The lowest BCUT2D eigenvalue weighted by atomic mass is 9.72. The van der Waals surface area contributed by atoms with E-state index in [1.165, 1.54) is 0 Å². The number of hydrogen-bond acceptors (Lipinski definition) is 4. The number of ether oxygens (including phenoxy) is 1. The van der Waals surface area contributed by atoms with E-state index in [4.69, 9.17) is 4.74 Å². The minimum absolute atomic E-state index is 0.0356. The monoisotopic (exact) mass is 316 g/mol. The van der Waals surface area contributed by atoms with E-state index in [0.29, 0.717) is 18.6 Å². The third kappa shape index (κ3) is 3.82. The average Bonchev–Trinajstić information content (AvgIpc) is 2.94. The summed E-state index contributed by atoms with van der Waals surface area (Å²) in [5.74, 6) is 1.36. The number of hydrogen-bond donors (Lipinski definition) is 2. The van der Waals surface area contributed by atoms with Crippen LogP contribution in [0.25, 0.3) is 0 Å². The van der Waals surface area contributed by atoms with Crippen LogP contribution in [0.15, 0.2) is 42.5 Å². The lowest BCUT2D eigenvalue weighted by molar-refractivity contribution is -0.123. The van der Waals surface area contributed by atoms with E-state index in [2.05, 4.69) is 0 Å². The van der Waals surface area contributed by atoms with Gasteiger partial charge in [-0.05, 0) is 37.3 Å². The van der Waals surface area contributed by atoms with Gasteiger partial charge in [0.1, 0.15) is 24.2 Å². The van der Waals surface area contributed by atoms with E-state index in [-0.39, 0.29) is 24.4 Å². The number of carbonyl (C=O) groups excluding carboxylic acids is 1. The molecule has 1 aromatic rings. The maximum atomic E-state index is 11.9. The van der Waals surface area contributed by atoms with Crippen LogP contribution >= 0.6 is 0 Å². The number of carbonyl (C=O) groups is 1. The quantitative estimate of drug-likeness (QED) is 0.818. The number of ketones is 1. The van der Waals surface area contributed by atoms with Gasteiger partial charge in [-0.1, -0.05) is 30.4 Å². The Morgan fingerprint density at radius 2 is 2.00 bits per heavy atom. The van der Waals surface area contributed by atoms with Crippen LogP contribution in [0.3, 0.4) is 0 Å². The molecule has 2 aliphatic carbocycles. The molecule has 0 saturated heterocycles. The molecule has 2 fully saturated rings. The Morgan fingerprint density at radius 3 is 2.78 bits per heavy atom. The van der Waals surface area contributed by atoms with E-state index in [1.807, 2.05) is 36.4 Å². The van der Waals surface area contributed by atoms with Gasteiger partial charge < -0.3 is 14.9 Å². The third-order valence-corrected chi connectivity index (χ3v) is 5.09. The zero-order valence-electron chi connectivity index (χ0n) is 13.2. The number of rotatable bonds is 5. The Kier molecular flexibility index (Phi) is 5.13. The molecule has 0 heterocycles. The summed E-state index contributed by atoms with van der Waals surface area (Å²) in [6, 6.07) is 9.36. The molecule has 2 N–H and O–H groups in total. The number of aliphatic hydroxyl groups excluding tert-OH is 2. The highest BCUT2D eigenvalue weighted by molar-refractivity contribution is 5.83. The number of aliphatic hydroxyl groups is 2. The van der Waals surface area contributed by atoms with E-state index in [1.54, 1.807) is 6.08 Å². The lowest BCUT2D eigenvalue weighted by Gasteiger charge is -2.35. The maximum absolute atomic E-state index is 11.9. The molecule has 2 unspecified atom stereocenters. The summed E-state index contributed by atoms with van der Waals surface area (Å²) >= 11 is 0. The Labute approximate surface area is 136 Å². The zero-order chi connectivity index (χ0) is 16.2. The summed E-state index contributed by atoms with van der Waals surface area (Å²) in [7, 11) is 0. The number of benzene rings is 1. The maximum Gasteiger partial charge on any atom is 0.136 e. The highest BCUT2D eigenvalue weighted by Crippen LogP contribution is 2.44. The van der Waals surface area contributed by atoms with Gasteiger partial charge in [0.2, 0.25) is 0 Å². The predicted molar refractivity (Wildman–Crippen MR) is 87.0 cm³/mol. The minimum Gasteiger partial charge on any atom is -0.491 e. The highest BCUT2D eigenvalue weighted by Gasteiger charge is 2.44. The van der Waals surface area contributed by atoms with Crippen molar-refractivity contribution in [2.45, 2.75) is 37.9 Å². The second-order valence-electron chi connectivity index (χ2n) is 6.57. The second-order valence-corrected chi connectivity index (χ2v) is 6.57. The predicted octanol–water partition coefficient (Wildman–Crippen LogP) is 2.35. The summed E-state index contributed by atoms with van der Waals surface area (Å²) in [5.41, 5.74) is 0. The van der Waals surface area contributed by atoms with Crippen LogP contribution in [0.5, 0.6) is 5.75 Å². The van der Waals surface area contributed by atoms with Crippen LogP contribution in [-0.2, 0) is 4.79 Å². The molecule has 0 spiro atoms. The van der Waals surface area contributed by atoms with Gasteiger partial charge in [0.05, 0.1) is 6.10 Å². The van der Waals surface area contributed by atoms with Crippen LogP contribution < -0.4 is 4.74 Å². The lowest BCUT2D eigenvalue weighted by Crippen LogP contribution is -2.36. The normalized spacial score (nSPS) is 32.0. The fraction of sp³-hybridized carbons (Fsp3) is 0.526. The van der Waals surface area contributed by atoms with Gasteiger partial charge in [-0.25, -0.2) is 0 Å². The average molecular weight is 316 g/mol. The summed E-state index contributed by atoms with van der Waals surface area (Å²) in [5, 5.41) is 20.3. The van der Waals surface area contributed by atoms with Crippen LogP contribution in [0.1, 0.15) is 25.7 Å². The Balaban J connectivity index is 1.56. The molecule has 0 amide bonds. The van der Waals surface area contributed by atoms with Gasteiger partial charge in [-0.15, -0.1) is 0 Å². The standard InChI is InChI=1S/C19H24O4/c20-13(12-23-14-4-2-1-3-5-14)6-7-16-15-8-10-18(21)17(15)9-11-19(16)22/h1-7,13,15-17,19-20,22H,8-12H2/t13-,15+,16?,17+,19?/m1/s1. The fourth-order valence-electron chi connectivity index (χ4n) is 3.88. The summed E-state index contributed by atoms with van der Waals surface area (Å²) in [6.45, 7) is 0.177. The van der Waals surface area contributed by atoms with Crippen molar-refractivity contribution in [3.63, 3.8) is 0 Å². The first-order valence-corrected chi connectivity index (χ1v) is 8.40. The molecule has 23 heavy (non-hydrogen) atoms. The van der Waals surface area contributed by atoms with Crippen molar-refractivity contribution in [1.29, 1.82) is 0 Å². The molecule has 0 radical (unpaired) electrons. The van der Waals surface area contributed by atoms with E-state index >= 15 is 0 Å². The molecule has 4 heteroatoms. The Morgan fingerprint density at radius 1 is 1.22 bits per heavy atom. The Hall–Kier alpha value is -1.65. The summed E-state index contributed by atoms with van der Waals surface area (Å²) in [4.78, 5) is 11.9. The van der Waals surface area contributed by atoms with E-state index in [9.17, 15) is 15.0 Å². The van der Waals surface area contributed by atoms with Gasteiger partial charge in [0.25, 0.3) is 0 Å². The molecule has 5 atom stereocenters. The highest BCUT2D eigenvalue weighted by atomic mass is 16.5. The van der Waals surface area contributed by atoms with Crippen molar-refractivity contribution >= 4 is 5.78 Å². The minimum atomic E-state index is -0.722. The molecule has 0 aliphatic heterocycles. The van der Waals surface area contributed by atoms with Crippen molar-refractivity contribution in [3.05, 3.63) is 42.5 Å². The first-order valence-electron chi connectivity index (χ1n) is 8.40. The molecule has 3 rings (SSSR count). The molecular weight excluding hydrogens is 292 g/mol. The number of Topliss-reactive ketones (excluding diaryl/α,β-unsaturated/α-hetero) is 1. The zero-order valence-corrected chi connectivity index (χ0v) is 13.2. The first-order chi connectivity index (χ1) is 11.1. The molecule has 124 valence electrons. The summed E-state index contributed by atoms with van der Waals surface area (Å²) in [6.07, 6.45) is 5.40. The summed E-state index contributed by atoms with van der Waals surface area (Å²) < 4.78 is 5.52. The van der Waals surface area contributed by atoms with Gasteiger partial charge in [-0.3, -0.25) is 4.79 Å². The van der Waals surface area contributed by atoms with Crippen LogP contribution in [0.4, 0.5) is 0 Å². The van der Waals surface area contributed by atoms with Gasteiger partial charge in [0, 0.05) is 18.3 Å². The van der Waals surface area contributed by atoms with Crippen LogP contribution in [0, 0.1) is 17.8 Å². The van der Waals surface area contributed by atoms with Crippen molar-refractivity contribution < 1.29 is 19.7 Å². The largest absolute Gasteiger partial charge is 0.491 e. The van der Waals surface area contributed by atoms with Crippen molar-refractivity contribution in [1.82, 2.24) is 0 Å². The molecule has 2 saturated carbocycles. The van der Waals surface area contributed by atoms with Crippen molar-refractivity contribution in [3.8, 4) is 5.75 Å². The molecule has 2 aliphatic rings. The topological polar surface area (TPSA) is 66.8 Å².